The summed E-state index contributed by atoms with van der Waals surface area (Å²) in [7, 11) is 1.29. The van der Waals surface area contributed by atoms with Crippen LogP contribution in [0.5, 0.6) is 0 Å². The van der Waals surface area contributed by atoms with Gasteiger partial charge in [0, 0.05) is 6.42 Å². The van der Waals surface area contributed by atoms with Gasteiger partial charge < -0.3 is 28.8 Å². The van der Waals surface area contributed by atoms with Crippen LogP contribution in [-0.4, -0.2) is 68.5 Å². The third-order valence-electron chi connectivity index (χ3n) is 11.8. The van der Waals surface area contributed by atoms with Crippen LogP contribution in [-0.2, 0) is 18.4 Å². The van der Waals surface area contributed by atoms with Crippen molar-refractivity contribution in [3.05, 3.63) is 97.2 Å². The molecule has 3 unspecified atom stereocenters. The molecule has 0 radical (unpaired) electrons. The Labute approximate surface area is 419 Å². The average Bonchev–Trinajstić information content (AvgIpc) is 3.30. The number of hydrogen-bond acceptors (Lipinski definition) is 6. The van der Waals surface area contributed by atoms with Gasteiger partial charge in [0.15, 0.2) is 0 Å². The summed E-state index contributed by atoms with van der Waals surface area (Å²) in [5.41, 5.74) is 0. The van der Waals surface area contributed by atoms with Crippen LogP contribution in [0.3, 0.4) is 0 Å². The fourth-order valence-corrected chi connectivity index (χ4v) is 8.25. The quantitative estimate of drug-likeness (QED) is 0.0272. The molecule has 3 atom stereocenters. The predicted molar refractivity (Wildman–Crippen MR) is 293 cm³/mol. The normalized spacial score (nSPS) is 14.8. The van der Waals surface area contributed by atoms with Crippen LogP contribution in [0.2, 0.25) is 0 Å². The third kappa shape index (κ3) is 51.3. The molecule has 0 bridgehead atoms. The van der Waals surface area contributed by atoms with Crippen molar-refractivity contribution >= 4 is 13.7 Å². The summed E-state index contributed by atoms with van der Waals surface area (Å²) in [6, 6.07) is -0.802. The van der Waals surface area contributed by atoms with Crippen LogP contribution < -0.4 is 10.2 Å². The number of phosphoric acid groups is 1. The van der Waals surface area contributed by atoms with E-state index in [-0.39, 0.29) is 19.1 Å². The smallest absolute Gasteiger partial charge is 0.268 e. The van der Waals surface area contributed by atoms with Gasteiger partial charge >= 0.3 is 0 Å². The molecular weight excluding hydrogens is 864 g/mol. The molecule has 0 fully saturated rings. The molecule has 0 spiro atoms. The molecule has 392 valence electrons. The zero-order chi connectivity index (χ0) is 49.9. The topological polar surface area (TPSA) is 108 Å². The van der Waals surface area contributed by atoms with Crippen LogP contribution in [0.25, 0.3) is 0 Å². The van der Waals surface area contributed by atoms with Crippen LogP contribution in [0, 0.1) is 0 Å². The Morgan fingerprint density at radius 2 is 0.897 bits per heavy atom. The largest absolute Gasteiger partial charge is 0.756 e. The first kappa shape index (κ1) is 65.4. The first-order chi connectivity index (χ1) is 33.0. The number of carbonyl (C=O) groups excluding carboxylic acids is 1. The van der Waals surface area contributed by atoms with Gasteiger partial charge in [-0.25, -0.2) is 0 Å². The van der Waals surface area contributed by atoms with E-state index in [2.05, 4.69) is 116 Å². The minimum Gasteiger partial charge on any atom is -0.756 e. The molecule has 0 aromatic carbocycles. The summed E-state index contributed by atoms with van der Waals surface area (Å²) in [6.45, 7) is 4.54. The number of hydrogen-bond donors (Lipinski definition) is 2. The second-order valence-electron chi connectivity index (χ2n) is 19.6. The lowest BCUT2D eigenvalue weighted by Gasteiger charge is -2.30. The van der Waals surface area contributed by atoms with Crippen molar-refractivity contribution < 1.29 is 32.9 Å². The predicted octanol–water partition coefficient (Wildman–Crippen LogP) is 16.0. The van der Waals surface area contributed by atoms with Crippen molar-refractivity contribution in [3.8, 4) is 0 Å². The molecule has 68 heavy (non-hydrogen) atoms. The third-order valence-corrected chi connectivity index (χ3v) is 12.8. The van der Waals surface area contributed by atoms with Crippen LogP contribution in [0.1, 0.15) is 219 Å². The SMILES string of the molecule is CC/C=C\C/C=C\C/C=C\C/C=C\C/C=C\C/C=C\C/C=C\C/C=C\CCCCCCCCCCCCCCCCC(=O)NC(COP(=O)([O-])OCC[N+](C)(C)C)C(O)CCCCCCCCC. The van der Waals surface area contributed by atoms with Gasteiger partial charge in [0.05, 0.1) is 39.9 Å². The number of quaternary nitrogens is 1. The number of amides is 1. The summed E-state index contributed by atoms with van der Waals surface area (Å²) < 4.78 is 23.2. The van der Waals surface area contributed by atoms with Crippen molar-refractivity contribution in [2.45, 2.75) is 231 Å². The number of likely N-dealkylation sites (N-methyl/N-ethyl adjacent to an activating group) is 1. The lowest BCUT2D eigenvalue weighted by molar-refractivity contribution is -0.870. The highest BCUT2D eigenvalue weighted by molar-refractivity contribution is 7.45. The Kier molecular flexibility index (Phi) is 47.5. The van der Waals surface area contributed by atoms with E-state index in [9.17, 15) is 19.4 Å². The molecule has 0 rings (SSSR count). The van der Waals surface area contributed by atoms with E-state index in [4.69, 9.17) is 9.05 Å². The number of aliphatic hydroxyl groups excluding tert-OH is 1. The van der Waals surface area contributed by atoms with Gasteiger partial charge in [0.2, 0.25) is 5.91 Å². The van der Waals surface area contributed by atoms with Crippen molar-refractivity contribution in [1.82, 2.24) is 5.32 Å². The van der Waals surface area contributed by atoms with E-state index in [1.54, 1.807) is 0 Å². The summed E-state index contributed by atoms with van der Waals surface area (Å²) in [6.07, 6.45) is 70.5. The van der Waals surface area contributed by atoms with E-state index < -0.39 is 20.0 Å². The molecule has 0 heterocycles. The van der Waals surface area contributed by atoms with Gasteiger partial charge in [-0.15, -0.1) is 0 Å². The fraction of sp³-hybridized carbons (Fsp3) is 0.712. The number of nitrogens with zero attached hydrogens (tertiary/aromatic N) is 1. The number of phosphoric ester groups is 1. The number of unbranched alkanes of at least 4 members (excludes halogenated alkanes) is 20. The van der Waals surface area contributed by atoms with Crippen LogP contribution in [0.4, 0.5) is 0 Å². The Morgan fingerprint density at radius 1 is 0.529 bits per heavy atom. The summed E-state index contributed by atoms with van der Waals surface area (Å²) in [5, 5.41) is 13.8. The zero-order valence-corrected chi connectivity index (χ0v) is 45.4. The number of nitrogens with one attached hydrogen (secondary N) is 1. The van der Waals surface area contributed by atoms with E-state index in [1.807, 2.05) is 21.1 Å². The number of aliphatic hydroxyl groups is 1. The van der Waals surface area contributed by atoms with Crippen molar-refractivity contribution in [1.29, 1.82) is 0 Å². The Morgan fingerprint density at radius 3 is 1.31 bits per heavy atom. The van der Waals surface area contributed by atoms with Gasteiger partial charge in [-0.3, -0.25) is 9.36 Å². The highest BCUT2D eigenvalue weighted by atomic mass is 31.2. The molecule has 0 aromatic rings. The van der Waals surface area contributed by atoms with Gasteiger partial charge in [-0.2, -0.15) is 0 Å². The van der Waals surface area contributed by atoms with E-state index >= 15 is 0 Å². The summed E-state index contributed by atoms with van der Waals surface area (Å²) >= 11 is 0. The van der Waals surface area contributed by atoms with Crippen LogP contribution >= 0.6 is 7.82 Å². The Balaban J connectivity index is 3.89. The molecule has 9 heteroatoms. The molecule has 8 nitrogen and oxygen atoms in total. The van der Waals surface area contributed by atoms with Gasteiger partial charge in [0.1, 0.15) is 13.2 Å². The molecule has 0 saturated carbocycles. The molecule has 0 saturated heterocycles. The highest BCUT2D eigenvalue weighted by Gasteiger charge is 2.24. The van der Waals surface area contributed by atoms with Crippen molar-refractivity contribution in [3.63, 3.8) is 0 Å². The van der Waals surface area contributed by atoms with Crippen molar-refractivity contribution in [2.75, 3.05) is 40.9 Å². The first-order valence-electron chi connectivity index (χ1n) is 27.6. The van der Waals surface area contributed by atoms with Gasteiger partial charge in [-0.05, 0) is 77.0 Å². The average molecular weight is 969 g/mol. The second-order valence-corrected chi connectivity index (χ2v) is 21.0. The first-order valence-corrected chi connectivity index (χ1v) is 29.0. The maximum absolute atomic E-state index is 12.9. The second kappa shape index (κ2) is 49.4. The van der Waals surface area contributed by atoms with Crippen LogP contribution in [0.15, 0.2) is 97.2 Å². The van der Waals surface area contributed by atoms with Crippen molar-refractivity contribution in [2.24, 2.45) is 0 Å². The standard InChI is InChI=1S/C59H105N2O6P/c1-6-8-10-12-14-15-16-17-18-19-20-21-22-23-24-25-26-27-28-29-30-31-32-33-34-35-36-37-38-39-40-41-42-43-44-45-47-49-51-53-59(63)60-57(58(62)52-50-48-46-13-11-9-7-2)56-67-68(64,65)66-55-54-61(3,4)5/h8,10,14-15,17-18,20-21,23-24,26-27,29-30,32-33,57-58,62H,6-7,9,11-13,16,19,22,25,28,31,34-56H2,1-5H3,(H-,60,63,64,65)/b10-8-,15-14-,18-17-,21-20-,24-23-,27-26-,30-29-,33-32-. The monoisotopic (exact) mass is 969 g/mol. The minimum atomic E-state index is -4.56. The maximum Gasteiger partial charge on any atom is 0.268 e. The van der Waals surface area contributed by atoms with E-state index in [0.29, 0.717) is 23.9 Å². The molecule has 0 aromatic heterocycles. The van der Waals surface area contributed by atoms with E-state index in [1.165, 1.54) is 103 Å². The Hall–Kier alpha value is -2.58. The molecule has 2 N–H and O–H groups in total. The number of carbonyl (C=O) groups is 1. The van der Waals surface area contributed by atoms with Gasteiger partial charge in [-0.1, -0.05) is 233 Å². The van der Waals surface area contributed by atoms with Gasteiger partial charge in [0.25, 0.3) is 7.82 Å². The van der Waals surface area contributed by atoms with E-state index in [0.717, 1.165) is 89.9 Å². The zero-order valence-electron chi connectivity index (χ0n) is 44.5. The molecule has 0 aliphatic rings. The summed E-state index contributed by atoms with van der Waals surface area (Å²) in [5.74, 6) is -0.173. The minimum absolute atomic E-state index is 0.00862. The lowest BCUT2D eigenvalue weighted by Crippen LogP contribution is -2.46. The number of allylic oxidation sites excluding steroid dienone is 16. The summed E-state index contributed by atoms with van der Waals surface area (Å²) in [4.78, 5) is 25.3. The molecule has 1 amide bonds. The molecular formula is C59H105N2O6P. The lowest BCUT2D eigenvalue weighted by atomic mass is 10.0. The highest BCUT2D eigenvalue weighted by Crippen LogP contribution is 2.38. The molecule has 0 aliphatic carbocycles. The Bertz CT molecular complexity index is 1420. The number of rotatable bonds is 49. The fourth-order valence-electron chi connectivity index (χ4n) is 7.53. The molecule has 0 aliphatic heterocycles. The maximum atomic E-state index is 12.9.